The minimum absolute atomic E-state index is 0.621. The number of benzene rings is 1. The molecular weight excluding hydrogens is 180 g/mol. The van der Waals surface area contributed by atoms with Crippen molar-refractivity contribution >= 4 is 0 Å². The van der Waals surface area contributed by atoms with Crippen LogP contribution in [0.4, 0.5) is 0 Å². The first kappa shape index (κ1) is 10.7. The van der Waals surface area contributed by atoms with E-state index in [-0.39, 0.29) is 0 Å². The maximum absolute atomic E-state index is 5.46. The molecule has 1 aromatic rings. The molecule has 0 atom stereocenters. The topological polar surface area (TPSA) is 27.7 Å². The highest BCUT2D eigenvalue weighted by Crippen LogP contribution is 2.26. The Bertz CT molecular complexity index is 262. The van der Waals surface area contributed by atoms with Gasteiger partial charge in [-0.3, -0.25) is 0 Å². The van der Waals surface area contributed by atoms with Crippen molar-refractivity contribution in [2.24, 2.45) is 0 Å². The van der Waals surface area contributed by atoms with Gasteiger partial charge < -0.3 is 14.2 Å². The maximum Gasteiger partial charge on any atom is 0.134 e. The summed E-state index contributed by atoms with van der Waals surface area (Å²) in [6.45, 7) is 2.75. The van der Waals surface area contributed by atoms with Crippen LogP contribution in [0.25, 0.3) is 0 Å². The summed E-state index contributed by atoms with van der Waals surface area (Å²) in [6, 6.07) is 6.52. The molecule has 77 valence electrons. The van der Waals surface area contributed by atoms with Crippen molar-refractivity contribution in [1.82, 2.24) is 0 Å². The highest BCUT2D eigenvalue weighted by molar-refractivity contribution is 5.40. The molecule has 0 saturated heterocycles. The summed E-state index contributed by atoms with van der Waals surface area (Å²) in [6.07, 6.45) is 0.975. The molecule has 0 spiro atoms. The summed E-state index contributed by atoms with van der Waals surface area (Å²) in [5.74, 6) is 1.99. The highest BCUT2D eigenvalue weighted by Gasteiger charge is 2.02. The van der Waals surface area contributed by atoms with Gasteiger partial charge >= 0.3 is 0 Å². The maximum atomic E-state index is 5.46. The average Bonchev–Trinajstić information content (AvgIpc) is 2.25. The van der Waals surface area contributed by atoms with E-state index >= 15 is 0 Å². The zero-order valence-corrected chi connectivity index (χ0v) is 8.79. The Balaban J connectivity index is 2.81. The molecule has 3 nitrogen and oxygen atoms in total. The molecule has 0 aliphatic carbocycles. The summed E-state index contributed by atoms with van der Waals surface area (Å²) >= 11 is 0. The van der Waals surface area contributed by atoms with Crippen molar-refractivity contribution in [1.29, 1.82) is 0 Å². The lowest BCUT2D eigenvalue weighted by Crippen LogP contribution is -1.96. The molecule has 0 unspecified atom stereocenters. The lowest BCUT2D eigenvalue weighted by molar-refractivity contribution is 0.311. The Kier molecular flexibility index (Phi) is 4.11. The molecule has 0 heterocycles. The Morgan fingerprint density at radius 2 is 1.71 bits per heavy atom. The Morgan fingerprint density at radius 3 is 2.14 bits per heavy atom. The van der Waals surface area contributed by atoms with Crippen LogP contribution >= 0.6 is 0 Å². The van der Waals surface area contributed by atoms with Gasteiger partial charge in [0.15, 0.2) is 0 Å². The predicted molar refractivity (Wildman–Crippen MR) is 54.2 cm³/mol. The molecule has 1 radical (unpaired) electrons. The number of hydrogen-bond donors (Lipinski definition) is 0. The lowest BCUT2D eigenvalue weighted by atomic mass is 10.3. The van der Waals surface area contributed by atoms with E-state index in [9.17, 15) is 0 Å². The van der Waals surface area contributed by atoms with Gasteiger partial charge in [-0.2, -0.15) is 0 Å². The van der Waals surface area contributed by atoms with Crippen LogP contribution in [0.1, 0.15) is 13.3 Å². The summed E-state index contributed by atoms with van der Waals surface area (Å²) in [4.78, 5) is 0. The monoisotopic (exact) mass is 195 g/mol. The van der Waals surface area contributed by atoms with Gasteiger partial charge in [0.25, 0.3) is 0 Å². The van der Waals surface area contributed by atoms with Crippen LogP contribution in [0.5, 0.6) is 17.2 Å². The van der Waals surface area contributed by atoms with Gasteiger partial charge in [-0.15, -0.1) is 0 Å². The number of ether oxygens (including phenoxy) is 3. The fraction of sp³-hybridized carbons (Fsp3) is 0.455. The van der Waals surface area contributed by atoms with Crippen molar-refractivity contribution in [2.75, 3.05) is 20.8 Å². The molecule has 0 aliphatic heterocycles. The van der Waals surface area contributed by atoms with Crippen LogP contribution < -0.4 is 14.2 Å². The summed E-state index contributed by atoms with van der Waals surface area (Å²) in [5.41, 5.74) is 0. The Labute approximate surface area is 84.6 Å². The molecular formula is C11H15O3. The molecule has 14 heavy (non-hydrogen) atoms. The van der Waals surface area contributed by atoms with E-state index in [1.165, 1.54) is 0 Å². The smallest absolute Gasteiger partial charge is 0.134 e. The number of rotatable bonds is 5. The second kappa shape index (κ2) is 5.37. The first-order valence-corrected chi connectivity index (χ1v) is 4.58. The standard InChI is InChI=1S/C11H15O3/c1-4-5-14-11-7-9(12-2)6-10(8-11)13-3/h7-8H,4-5H2,1-3H3. The fourth-order valence-electron chi connectivity index (χ4n) is 1.02. The van der Waals surface area contributed by atoms with E-state index in [0.29, 0.717) is 18.1 Å². The average molecular weight is 195 g/mol. The third-order valence-electron chi connectivity index (χ3n) is 1.71. The van der Waals surface area contributed by atoms with Gasteiger partial charge in [0, 0.05) is 12.1 Å². The number of hydrogen-bond acceptors (Lipinski definition) is 3. The lowest BCUT2D eigenvalue weighted by Gasteiger charge is -2.08. The van der Waals surface area contributed by atoms with Crippen LogP contribution in [0.15, 0.2) is 12.1 Å². The predicted octanol–water partition coefficient (Wildman–Crippen LogP) is 2.29. The molecule has 0 fully saturated rings. The minimum atomic E-state index is 0.621. The van der Waals surface area contributed by atoms with Gasteiger partial charge in [-0.1, -0.05) is 6.92 Å². The molecule has 0 aromatic heterocycles. The van der Waals surface area contributed by atoms with Gasteiger partial charge in [-0.25, -0.2) is 0 Å². The van der Waals surface area contributed by atoms with E-state index < -0.39 is 0 Å². The van der Waals surface area contributed by atoms with Gasteiger partial charge in [0.05, 0.1) is 26.9 Å². The zero-order valence-electron chi connectivity index (χ0n) is 8.79. The highest BCUT2D eigenvalue weighted by atomic mass is 16.5. The van der Waals surface area contributed by atoms with E-state index in [1.807, 2.05) is 0 Å². The third-order valence-corrected chi connectivity index (χ3v) is 1.71. The van der Waals surface area contributed by atoms with E-state index in [2.05, 4.69) is 13.0 Å². The first-order chi connectivity index (χ1) is 6.80. The van der Waals surface area contributed by atoms with Crippen molar-refractivity contribution in [3.05, 3.63) is 18.2 Å². The second-order valence-corrected chi connectivity index (χ2v) is 2.80. The minimum Gasteiger partial charge on any atom is -0.496 e. The van der Waals surface area contributed by atoms with E-state index in [0.717, 1.165) is 12.2 Å². The summed E-state index contributed by atoms with van der Waals surface area (Å²) < 4.78 is 15.6. The molecule has 1 aromatic carbocycles. The van der Waals surface area contributed by atoms with Gasteiger partial charge in [0.2, 0.25) is 0 Å². The SMILES string of the molecule is CCCOc1cc(OC)[c]c(OC)c1. The van der Waals surface area contributed by atoms with E-state index in [1.54, 1.807) is 26.4 Å². The Morgan fingerprint density at radius 1 is 1.14 bits per heavy atom. The van der Waals surface area contributed by atoms with Crippen LogP contribution in [0, 0.1) is 6.07 Å². The normalized spacial score (nSPS) is 9.64. The van der Waals surface area contributed by atoms with Gasteiger partial charge in [-0.05, 0) is 6.42 Å². The molecule has 1 rings (SSSR count). The first-order valence-electron chi connectivity index (χ1n) is 4.58. The zero-order chi connectivity index (χ0) is 10.4. The largest absolute Gasteiger partial charge is 0.496 e. The van der Waals surface area contributed by atoms with Gasteiger partial charge in [0.1, 0.15) is 17.2 Å². The van der Waals surface area contributed by atoms with Crippen LogP contribution in [-0.2, 0) is 0 Å². The van der Waals surface area contributed by atoms with Crippen molar-refractivity contribution in [3.8, 4) is 17.2 Å². The van der Waals surface area contributed by atoms with Crippen molar-refractivity contribution < 1.29 is 14.2 Å². The van der Waals surface area contributed by atoms with Crippen LogP contribution in [-0.4, -0.2) is 20.8 Å². The molecule has 0 amide bonds. The number of methoxy groups -OCH3 is 2. The summed E-state index contributed by atoms with van der Waals surface area (Å²) in [7, 11) is 3.18. The molecule has 3 heteroatoms. The molecule has 0 saturated carbocycles. The Hall–Kier alpha value is -1.38. The quantitative estimate of drug-likeness (QED) is 0.721. The van der Waals surface area contributed by atoms with E-state index in [4.69, 9.17) is 14.2 Å². The van der Waals surface area contributed by atoms with Crippen molar-refractivity contribution in [2.45, 2.75) is 13.3 Å². The van der Waals surface area contributed by atoms with Crippen LogP contribution in [0.3, 0.4) is 0 Å². The van der Waals surface area contributed by atoms with Crippen molar-refractivity contribution in [3.63, 3.8) is 0 Å². The van der Waals surface area contributed by atoms with Crippen LogP contribution in [0.2, 0.25) is 0 Å². The molecule has 0 bridgehead atoms. The summed E-state index contributed by atoms with van der Waals surface area (Å²) in [5, 5.41) is 0. The molecule has 0 aliphatic rings. The third kappa shape index (κ3) is 2.83. The second-order valence-electron chi connectivity index (χ2n) is 2.80. The molecule has 0 N–H and O–H groups in total. The fourth-order valence-corrected chi connectivity index (χ4v) is 1.02.